The van der Waals surface area contributed by atoms with Gasteiger partial charge in [0.15, 0.2) is 0 Å². The molecule has 6 heteroatoms. The summed E-state index contributed by atoms with van der Waals surface area (Å²) in [6.45, 7) is 6.16. The van der Waals surface area contributed by atoms with E-state index in [1.54, 1.807) is 12.1 Å². The first-order chi connectivity index (χ1) is 14.2. The number of anilines is 1. The van der Waals surface area contributed by atoms with E-state index >= 15 is 0 Å². The average Bonchev–Trinajstić information content (AvgIpc) is 2.73. The van der Waals surface area contributed by atoms with E-state index < -0.39 is 25.7 Å². The number of carbonyl (C=O) groups excluding carboxylic acids is 1. The summed E-state index contributed by atoms with van der Waals surface area (Å²) in [5.74, 6) is 4.94. The van der Waals surface area contributed by atoms with E-state index in [4.69, 9.17) is 27.5 Å². The molecular formula is C24H26ClNO3Si. The molecule has 1 N–H and O–H groups in total. The SMILES string of the molecule is C#CCO[C@](C#C[Si](C)(C)C)(C(=O)OC)[C@@H](Nc1ccccc1)c1ccc(Cl)cc1. The van der Waals surface area contributed by atoms with Gasteiger partial charge in [0.1, 0.15) is 20.7 Å². The van der Waals surface area contributed by atoms with E-state index in [0.717, 1.165) is 11.3 Å². The molecule has 0 fully saturated rings. The van der Waals surface area contributed by atoms with Crippen LogP contribution >= 0.6 is 11.6 Å². The molecule has 2 aromatic rings. The van der Waals surface area contributed by atoms with Crippen molar-refractivity contribution in [3.63, 3.8) is 0 Å². The number of hydrogen-bond acceptors (Lipinski definition) is 4. The lowest BCUT2D eigenvalue weighted by Gasteiger charge is -2.35. The molecule has 4 nitrogen and oxygen atoms in total. The molecule has 0 saturated carbocycles. The molecule has 0 spiro atoms. The second-order valence-electron chi connectivity index (χ2n) is 7.71. The number of benzene rings is 2. The first-order valence-electron chi connectivity index (χ1n) is 9.49. The summed E-state index contributed by atoms with van der Waals surface area (Å²) >= 11 is 6.09. The molecule has 156 valence electrons. The summed E-state index contributed by atoms with van der Waals surface area (Å²) in [5.41, 5.74) is 3.17. The molecule has 30 heavy (non-hydrogen) atoms. The summed E-state index contributed by atoms with van der Waals surface area (Å²) in [6.07, 6.45) is 5.47. The Labute approximate surface area is 184 Å². The Morgan fingerprint density at radius 2 is 1.80 bits per heavy atom. The van der Waals surface area contributed by atoms with E-state index in [1.165, 1.54) is 7.11 Å². The van der Waals surface area contributed by atoms with Crippen molar-refractivity contribution in [3.05, 3.63) is 65.2 Å². The van der Waals surface area contributed by atoms with Crippen LogP contribution in [0.25, 0.3) is 0 Å². The molecule has 0 radical (unpaired) electrons. The molecule has 2 atom stereocenters. The first-order valence-corrected chi connectivity index (χ1v) is 13.4. The zero-order valence-electron chi connectivity index (χ0n) is 17.7. The average molecular weight is 440 g/mol. The van der Waals surface area contributed by atoms with Crippen LogP contribution in [-0.4, -0.2) is 33.4 Å². The Morgan fingerprint density at radius 3 is 2.33 bits per heavy atom. The van der Waals surface area contributed by atoms with Gasteiger partial charge in [-0.2, -0.15) is 0 Å². The lowest BCUT2D eigenvalue weighted by molar-refractivity contribution is -0.162. The zero-order chi connectivity index (χ0) is 22.2. The normalized spacial score (nSPS) is 13.7. The number of halogens is 1. The third-order valence-electron chi connectivity index (χ3n) is 4.19. The maximum atomic E-state index is 13.2. The second-order valence-corrected chi connectivity index (χ2v) is 12.9. The number of nitrogens with one attached hydrogen (secondary N) is 1. The largest absolute Gasteiger partial charge is 0.466 e. The van der Waals surface area contributed by atoms with Crippen LogP contribution in [-0.2, 0) is 14.3 Å². The van der Waals surface area contributed by atoms with Crippen LogP contribution in [0.2, 0.25) is 24.7 Å². The van der Waals surface area contributed by atoms with Crippen molar-refractivity contribution in [1.29, 1.82) is 0 Å². The number of hydrogen-bond donors (Lipinski definition) is 1. The number of ether oxygens (including phenoxy) is 2. The minimum Gasteiger partial charge on any atom is -0.466 e. The van der Waals surface area contributed by atoms with Crippen molar-refractivity contribution in [3.8, 4) is 23.8 Å². The quantitative estimate of drug-likeness (QED) is 0.377. The smallest absolute Gasteiger partial charge is 0.353 e. The van der Waals surface area contributed by atoms with Crippen molar-refractivity contribution in [2.45, 2.75) is 31.3 Å². The van der Waals surface area contributed by atoms with Crippen LogP contribution in [0.15, 0.2) is 54.6 Å². The summed E-state index contributed by atoms with van der Waals surface area (Å²) in [7, 11) is -0.549. The Balaban J connectivity index is 2.73. The van der Waals surface area contributed by atoms with Gasteiger partial charge < -0.3 is 14.8 Å². The van der Waals surface area contributed by atoms with Crippen molar-refractivity contribution < 1.29 is 14.3 Å². The standard InChI is InChI=1S/C24H26ClNO3Si/c1-6-17-29-24(23(27)28-2,16-18-30(3,4)5)22(19-12-14-20(25)15-13-19)26-21-10-8-7-9-11-21/h1,7-15,22,26H,17H2,2-5H3/t22-,24-/m0/s1. The predicted octanol–water partition coefficient (Wildman–Crippen LogP) is 4.94. The molecule has 2 aromatic carbocycles. The van der Waals surface area contributed by atoms with Gasteiger partial charge in [-0.3, -0.25) is 0 Å². The van der Waals surface area contributed by atoms with E-state index in [0.29, 0.717) is 5.02 Å². The van der Waals surface area contributed by atoms with Gasteiger partial charge in [-0.25, -0.2) is 4.79 Å². The summed E-state index contributed by atoms with van der Waals surface area (Å²) in [4.78, 5) is 13.2. The fourth-order valence-electron chi connectivity index (χ4n) is 2.78. The molecule has 0 aliphatic rings. The lowest BCUT2D eigenvalue weighted by Crippen LogP contribution is -2.50. The lowest BCUT2D eigenvalue weighted by atomic mass is 9.88. The highest BCUT2D eigenvalue weighted by molar-refractivity contribution is 6.83. The molecule has 0 aliphatic carbocycles. The highest BCUT2D eigenvalue weighted by atomic mass is 35.5. The van der Waals surface area contributed by atoms with Crippen molar-refractivity contribution in [2.75, 3.05) is 19.0 Å². The van der Waals surface area contributed by atoms with Crippen molar-refractivity contribution in [2.24, 2.45) is 0 Å². The van der Waals surface area contributed by atoms with Gasteiger partial charge in [0.2, 0.25) is 0 Å². The van der Waals surface area contributed by atoms with Crippen LogP contribution in [0.3, 0.4) is 0 Å². The van der Waals surface area contributed by atoms with Gasteiger partial charge in [-0.15, -0.1) is 12.0 Å². The zero-order valence-corrected chi connectivity index (χ0v) is 19.4. The van der Waals surface area contributed by atoms with Crippen LogP contribution in [0.4, 0.5) is 5.69 Å². The molecule has 0 unspecified atom stereocenters. The van der Waals surface area contributed by atoms with Crippen LogP contribution in [0.5, 0.6) is 0 Å². The van der Waals surface area contributed by atoms with E-state index in [1.807, 2.05) is 42.5 Å². The fourth-order valence-corrected chi connectivity index (χ4v) is 3.47. The van der Waals surface area contributed by atoms with Crippen LogP contribution in [0, 0.1) is 23.8 Å². The molecule has 0 aliphatic heterocycles. The molecule has 0 saturated heterocycles. The number of carbonyl (C=O) groups is 1. The summed E-state index contributed by atoms with van der Waals surface area (Å²) < 4.78 is 11.1. The number of rotatable bonds is 7. The maximum Gasteiger partial charge on any atom is 0.353 e. The van der Waals surface area contributed by atoms with Gasteiger partial charge in [-0.05, 0) is 29.8 Å². The summed E-state index contributed by atoms with van der Waals surface area (Å²) in [6, 6.07) is 16.0. The summed E-state index contributed by atoms with van der Waals surface area (Å²) in [5, 5.41) is 3.97. The Morgan fingerprint density at radius 1 is 1.17 bits per heavy atom. The van der Waals surface area contributed by atoms with Gasteiger partial charge in [-0.1, -0.05) is 73.4 Å². The fraction of sp³-hybridized carbons (Fsp3) is 0.292. The Hall–Kier alpha value is -2.70. The molecule has 0 heterocycles. The third-order valence-corrected chi connectivity index (χ3v) is 5.32. The molecular weight excluding hydrogens is 414 g/mol. The molecule has 0 amide bonds. The van der Waals surface area contributed by atoms with E-state index in [9.17, 15) is 4.79 Å². The monoisotopic (exact) mass is 439 g/mol. The third kappa shape index (κ3) is 6.15. The second kappa shape index (κ2) is 10.4. The van der Waals surface area contributed by atoms with Gasteiger partial charge in [0, 0.05) is 10.7 Å². The first kappa shape index (κ1) is 23.6. The van der Waals surface area contributed by atoms with E-state index in [-0.39, 0.29) is 6.61 Å². The number of terminal acetylenes is 1. The van der Waals surface area contributed by atoms with Crippen molar-refractivity contribution in [1.82, 2.24) is 0 Å². The van der Waals surface area contributed by atoms with E-state index in [2.05, 4.69) is 42.3 Å². The highest BCUT2D eigenvalue weighted by Crippen LogP contribution is 2.35. The minimum absolute atomic E-state index is 0.101. The number of para-hydroxylation sites is 1. The maximum absolute atomic E-state index is 13.2. The predicted molar refractivity (Wildman–Crippen MR) is 125 cm³/mol. The number of esters is 1. The Bertz CT molecular complexity index is 952. The van der Waals surface area contributed by atoms with Gasteiger partial charge in [0.05, 0.1) is 7.11 Å². The molecule has 0 aromatic heterocycles. The van der Waals surface area contributed by atoms with Crippen LogP contribution in [0.1, 0.15) is 11.6 Å². The number of methoxy groups -OCH3 is 1. The topological polar surface area (TPSA) is 47.6 Å². The Kier molecular flexibility index (Phi) is 8.14. The van der Waals surface area contributed by atoms with Gasteiger partial charge >= 0.3 is 5.97 Å². The van der Waals surface area contributed by atoms with Gasteiger partial charge in [0.25, 0.3) is 5.60 Å². The minimum atomic E-state index is -1.86. The molecule has 2 rings (SSSR count). The van der Waals surface area contributed by atoms with Crippen LogP contribution < -0.4 is 5.32 Å². The van der Waals surface area contributed by atoms with Crippen molar-refractivity contribution >= 4 is 31.3 Å². The highest BCUT2D eigenvalue weighted by Gasteiger charge is 2.48. The molecule has 0 bridgehead atoms.